The van der Waals surface area contributed by atoms with Gasteiger partial charge in [-0.15, -0.1) is 11.3 Å². The summed E-state index contributed by atoms with van der Waals surface area (Å²) in [6, 6.07) is 10.0. The SMILES string of the molecule is Cc1cccc(C)c1C(O)c1cccs1. The largest absolute Gasteiger partial charge is 0.383 e. The zero-order valence-electron chi connectivity index (χ0n) is 8.90. The molecule has 1 unspecified atom stereocenters. The molecule has 0 saturated heterocycles. The Morgan fingerprint density at radius 2 is 1.73 bits per heavy atom. The molecule has 1 atom stereocenters. The molecule has 0 amide bonds. The van der Waals surface area contributed by atoms with Crippen molar-refractivity contribution in [2.75, 3.05) is 0 Å². The first-order valence-electron chi connectivity index (χ1n) is 4.97. The maximum Gasteiger partial charge on any atom is 0.114 e. The van der Waals surface area contributed by atoms with Crippen molar-refractivity contribution in [3.63, 3.8) is 0 Å². The number of hydrogen-bond donors (Lipinski definition) is 1. The fraction of sp³-hybridized carbons (Fsp3) is 0.231. The first-order valence-corrected chi connectivity index (χ1v) is 5.85. The van der Waals surface area contributed by atoms with Gasteiger partial charge in [-0.3, -0.25) is 0 Å². The second-order valence-electron chi connectivity index (χ2n) is 3.72. The van der Waals surface area contributed by atoms with Crippen LogP contribution in [-0.2, 0) is 0 Å². The minimum absolute atomic E-state index is 0.480. The Morgan fingerprint density at radius 3 is 2.27 bits per heavy atom. The van der Waals surface area contributed by atoms with E-state index in [1.54, 1.807) is 11.3 Å². The quantitative estimate of drug-likeness (QED) is 0.818. The van der Waals surface area contributed by atoms with Gasteiger partial charge in [0, 0.05) is 4.88 Å². The number of aliphatic hydroxyl groups is 1. The molecule has 0 aliphatic rings. The fourth-order valence-corrected chi connectivity index (χ4v) is 2.57. The maximum absolute atomic E-state index is 10.3. The van der Waals surface area contributed by atoms with Crippen molar-refractivity contribution in [3.05, 3.63) is 57.3 Å². The number of hydrogen-bond acceptors (Lipinski definition) is 2. The molecule has 2 rings (SSSR count). The zero-order chi connectivity index (χ0) is 10.8. The molecule has 0 spiro atoms. The fourth-order valence-electron chi connectivity index (χ4n) is 1.85. The highest BCUT2D eigenvalue weighted by atomic mass is 32.1. The van der Waals surface area contributed by atoms with Gasteiger partial charge in [0.25, 0.3) is 0 Å². The summed E-state index contributed by atoms with van der Waals surface area (Å²) < 4.78 is 0. The van der Waals surface area contributed by atoms with E-state index in [2.05, 4.69) is 0 Å². The molecule has 0 fully saturated rings. The highest BCUT2D eigenvalue weighted by Crippen LogP contribution is 2.30. The van der Waals surface area contributed by atoms with Gasteiger partial charge >= 0.3 is 0 Å². The van der Waals surface area contributed by atoms with E-state index in [0.29, 0.717) is 0 Å². The van der Waals surface area contributed by atoms with Gasteiger partial charge in [0.1, 0.15) is 6.10 Å². The van der Waals surface area contributed by atoms with Crippen molar-refractivity contribution in [1.29, 1.82) is 0 Å². The first-order chi connectivity index (χ1) is 7.20. The molecule has 1 N–H and O–H groups in total. The number of aryl methyl sites for hydroxylation is 2. The van der Waals surface area contributed by atoms with Crippen molar-refractivity contribution in [2.24, 2.45) is 0 Å². The van der Waals surface area contributed by atoms with Crippen molar-refractivity contribution in [3.8, 4) is 0 Å². The highest BCUT2D eigenvalue weighted by Gasteiger charge is 2.15. The molecule has 1 aromatic carbocycles. The van der Waals surface area contributed by atoms with Gasteiger partial charge in [0.15, 0.2) is 0 Å². The number of thiophene rings is 1. The van der Waals surface area contributed by atoms with Gasteiger partial charge in [0.05, 0.1) is 0 Å². The molecule has 78 valence electrons. The maximum atomic E-state index is 10.3. The monoisotopic (exact) mass is 218 g/mol. The molecule has 15 heavy (non-hydrogen) atoms. The number of aliphatic hydroxyl groups excluding tert-OH is 1. The Labute approximate surface area is 94.0 Å². The minimum atomic E-state index is -0.480. The van der Waals surface area contributed by atoms with Gasteiger partial charge in [0.2, 0.25) is 0 Å². The van der Waals surface area contributed by atoms with Crippen molar-refractivity contribution >= 4 is 11.3 Å². The predicted molar refractivity (Wildman–Crippen MR) is 64.3 cm³/mol. The molecule has 1 aromatic heterocycles. The third kappa shape index (κ3) is 1.96. The van der Waals surface area contributed by atoms with Crippen LogP contribution in [0.5, 0.6) is 0 Å². The van der Waals surface area contributed by atoms with Gasteiger partial charge in [-0.2, -0.15) is 0 Å². The molecule has 0 bridgehead atoms. The summed E-state index contributed by atoms with van der Waals surface area (Å²) in [5.41, 5.74) is 3.34. The second kappa shape index (κ2) is 4.17. The number of benzene rings is 1. The lowest BCUT2D eigenvalue weighted by atomic mass is 9.97. The molecule has 1 heterocycles. The molecule has 0 aliphatic heterocycles. The summed E-state index contributed by atoms with van der Waals surface area (Å²) in [6.45, 7) is 4.08. The predicted octanol–water partition coefficient (Wildman–Crippen LogP) is 3.45. The lowest BCUT2D eigenvalue weighted by Crippen LogP contribution is -2.02. The zero-order valence-corrected chi connectivity index (χ0v) is 9.71. The summed E-state index contributed by atoms with van der Waals surface area (Å²) in [5.74, 6) is 0. The Morgan fingerprint density at radius 1 is 1.07 bits per heavy atom. The summed E-state index contributed by atoms with van der Waals surface area (Å²) in [6.07, 6.45) is -0.480. The molecular weight excluding hydrogens is 204 g/mol. The first kappa shape index (κ1) is 10.4. The van der Waals surface area contributed by atoms with Gasteiger partial charge in [-0.1, -0.05) is 24.3 Å². The molecule has 2 aromatic rings. The van der Waals surface area contributed by atoms with E-state index < -0.39 is 6.10 Å². The Bertz CT molecular complexity index is 425. The number of rotatable bonds is 2. The summed E-state index contributed by atoms with van der Waals surface area (Å²) in [7, 11) is 0. The Kier molecular flexibility index (Phi) is 2.89. The van der Waals surface area contributed by atoms with E-state index in [1.807, 2.05) is 49.6 Å². The van der Waals surface area contributed by atoms with Crippen LogP contribution in [-0.4, -0.2) is 5.11 Å². The smallest absolute Gasteiger partial charge is 0.114 e. The Balaban J connectivity index is 2.46. The second-order valence-corrected chi connectivity index (χ2v) is 4.70. The van der Waals surface area contributed by atoms with Crippen LogP contribution in [0.4, 0.5) is 0 Å². The normalized spacial score (nSPS) is 12.7. The molecule has 0 radical (unpaired) electrons. The molecule has 1 nitrogen and oxygen atoms in total. The average Bonchev–Trinajstić information content (AvgIpc) is 2.69. The third-order valence-corrected chi connectivity index (χ3v) is 3.55. The Hall–Kier alpha value is -1.12. The highest BCUT2D eigenvalue weighted by molar-refractivity contribution is 7.10. The van der Waals surface area contributed by atoms with Crippen LogP contribution in [0.1, 0.15) is 27.7 Å². The van der Waals surface area contributed by atoms with Gasteiger partial charge in [-0.05, 0) is 42.0 Å². The van der Waals surface area contributed by atoms with Crippen LogP contribution >= 0.6 is 11.3 Å². The standard InChI is InChI=1S/C13H14OS/c1-9-5-3-6-10(2)12(9)13(14)11-7-4-8-15-11/h3-8,13-14H,1-2H3. The lowest BCUT2D eigenvalue weighted by molar-refractivity contribution is 0.222. The molecular formula is C13H14OS. The molecule has 0 aliphatic carbocycles. The minimum Gasteiger partial charge on any atom is -0.383 e. The summed E-state index contributed by atoms with van der Waals surface area (Å²) in [5, 5.41) is 12.2. The molecule has 0 saturated carbocycles. The van der Waals surface area contributed by atoms with E-state index in [1.165, 1.54) is 0 Å². The van der Waals surface area contributed by atoms with Crippen LogP contribution < -0.4 is 0 Å². The van der Waals surface area contributed by atoms with Crippen molar-refractivity contribution in [1.82, 2.24) is 0 Å². The summed E-state index contributed by atoms with van der Waals surface area (Å²) in [4.78, 5) is 1.01. The van der Waals surface area contributed by atoms with Crippen LogP contribution in [0.15, 0.2) is 35.7 Å². The molecule has 2 heteroatoms. The van der Waals surface area contributed by atoms with E-state index in [-0.39, 0.29) is 0 Å². The topological polar surface area (TPSA) is 20.2 Å². The van der Waals surface area contributed by atoms with Crippen LogP contribution in [0.25, 0.3) is 0 Å². The average molecular weight is 218 g/mol. The lowest BCUT2D eigenvalue weighted by Gasteiger charge is -2.15. The van der Waals surface area contributed by atoms with Crippen LogP contribution in [0.2, 0.25) is 0 Å². The van der Waals surface area contributed by atoms with Crippen LogP contribution in [0, 0.1) is 13.8 Å². The van der Waals surface area contributed by atoms with Crippen molar-refractivity contribution in [2.45, 2.75) is 20.0 Å². The van der Waals surface area contributed by atoms with E-state index >= 15 is 0 Å². The van der Waals surface area contributed by atoms with E-state index in [4.69, 9.17) is 0 Å². The van der Waals surface area contributed by atoms with Gasteiger partial charge in [-0.25, -0.2) is 0 Å². The van der Waals surface area contributed by atoms with E-state index in [9.17, 15) is 5.11 Å². The van der Waals surface area contributed by atoms with Gasteiger partial charge < -0.3 is 5.11 Å². The third-order valence-electron chi connectivity index (χ3n) is 2.63. The van der Waals surface area contributed by atoms with E-state index in [0.717, 1.165) is 21.6 Å². The summed E-state index contributed by atoms with van der Waals surface area (Å²) >= 11 is 1.59. The van der Waals surface area contributed by atoms with Crippen LogP contribution in [0.3, 0.4) is 0 Å². The van der Waals surface area contributed by atoms with Crippen molar-refractivity contribution < 1.29 is 5.11 Å².